The highest BCUT2D eigenvalue weighted by Crippen LogP contribution is 2.23. The van der Waals surface area contributed by atoms with Crippen LogP contribution in [-0.2, 0) is 13.0 Å². The van der Waals surface area contributed by atoms with E-state index in [1.54, 1.807) is 10.9 Å². The Morgan fingerprint density at radius 3 is 2.50 bits per heavy atom. The number of carbonyl (C=O) groups is 2. The first-order valence-corrected chi connectivity index (χ1v) is 10.3. The first-order valence-electron chi connectivity index (χ1n) is 10.3. The van der Waals surface area contributed by atoms with Crippen LogP contribution >= 0.6 is 0 Å². The van der Waals surface area contributed by atoms with Gasteiger partial charge >= 0.3 is 5.97 Å². The van der Waals surface area contributed by atoms with Gasteiger partial charge in [0.15, 0.2) is 0 Å². The minimum atomic E-state index is -0.982. The first-order chi connectivity index (χ1) is 14.5. The SMILES string of the molecule is CCCCCc1nc(C(=O)CC)nn1Cc1ccc(-c2cnccc2C(=O)O)cc1. The molecule has 0 radical (unpaired) electrons. The molecule has 0 amide bonds. The molecule has 0 aliphatic rings. The fraction of sp³-hybridized carbons (Fsp3) is 0.348. The van der Waals surface area contributed by atoms with Crippen LogP contribution in [0.1, 0.15) is 71.9 Å². The number of ketones is 1. The molecule has 0 unspecified atom stereocenters. The van der Waals surface area contributed by atoms with Gasteiger partial charge in [-0.25, -0.2) is 14.5 Å². The van der Waals surface area contributed by atoms with E-state index in [1.165, 1.54) is 12.3 Å². The van der Waals surface area contributed by atoms with Gasteiger partial charge in [0.05, 0.1) is 12.1 Å². The monoisotopic (exact) mass is 406 g/mol. The lowest BCUT2D eigenvalue weighted by atomic mass is 10.0. The Hall–Kier alpha value is -3.35. The van der Waals surface area contributed by atoms with Gasteiger partial charge in [-0.1, -0.05) is 51.0 Å². The molecule has 0 fully saturated rings. The Labute approximate surface area is 175 Å². The molecule has 0 saturated carbocycles. The van der Waals surface area contributed by atoms with Gasteiger partial charge in [-0.05, 0) is 23.6 Å². The minimum Gasteiger partial charge on any atom is -0.478 e. The number of rotatable bonds is 10. The molecule has 0 bridgehead atoms. The van der Waals surface area contributed by atoms with Crippen molar-refractivity contribution < 1.29 is 14.7 Å². The van der Waals surface area contributed by atoms with Gasteiger partial charge in [0.25, 0.3) is 0 Å². The van der Waals surface area contributed by atoms with E-state index in [9.17, 15) is 14.7 Å². The molecule has 1 N–H and O–H groups in total. The van der Waals surface area contributed by atoms with Crippen LogP contribution < -0.4 is 0 Å². The van der Waals surface area contributed by atoms with E-state index in [0.717, 1.165) is 42.6 Å². The average molecular weight is 406 g/mol. The van der Waals surface area contributed by atoms with Gasteiger partial charge < -0.3 is 5.11 Å². The number of pyridine rings is 1. The summed E-state index contributed by atoms with van der Waals surface area (Å²) in [5, 5.41) is 13.8. The fourth-order valence-electron chi connectivity index (χ4n) is 3.27. The summed E-state index contributed by atoms with van der Waals surface area (Å²) in [4.78, 5) is 32.0. The van der Waals surface area contributed by atoms with E-state index in [2.05, 4.69) is 22.0 Å². The summed E-state index contributed by atoms with van der Waals surface area (Å²) in [6.45, 7) is 4.46. The second-order valence-corrected chi connectivity index (χ2v) is 7.17. The number of carbonyl (C=O) groups excluding carboxylic acids is 1. The molecule has 0 aliphatic heterocycles. The minimum absolute atomic E-state index is 0.0568. The average Bonchev–Trinajstić information content (AvgIpc) is 3.16. The van der Waals surface area contributed by atoms with Crippen LogP contribution in [0.5, 0.6) is 0 Å². The van der Waals surface area contributed by atoms with E-state index in [4.69, 9.17) is 0 Å². The Bertz CT molecular complexity index is 1030. The summed E-state index contributed by atoms with van der Waals surface area (Å²) in [6, 6.07) is 9.13. The Morgan fingerprint density at radius 2 is 1.83 bits per heavy atom. The fourth-order valence-corrected chi connectivity index (χ4v) is 3.27. The van der Waals surface area contributed by atoms with Gasteiger partial charge in [-0.3, -0.25) is 9.78 Å². The van der Waals surface area contributed by atoms with E-state index in [-0.39, 0.29) is 17.2 Å². The summed E-state index contributed by atoms with van der Waals surface area (Å²) in [5.41, 5.74) is 2.58. The van der Waals surface area contributed by atoms with Gasteiger partial charge in [-0.15, -0.1) is 5.10 Å². The predicted octanol–water partition coefficient (Wildman–Crippen LogP) is 4.41. The molecular weight excluding hydrogens is 380 g/mol. The summed E-state index contributed by atoms with van der Waals surface area (Å²) in [5.74, 6) is 0.0642. The molecule has 0 aliphatic carbocycles. The van der Waals surface area contributed by atoms with Crippen molar-refractivity contribution in [3.05, 3.63) is 65.5 Å². The third-order valence-corrected chi connectivity index (χ3v) is 4.97. The second kappa shape index (κ2) is 9.91. The van der Waals surface area contributed by atoms with Crippen molar-refractivity contribution >= 4 is 11.8 Å². The van der Waals surface area contributed by atoms with Crippen LogP contribution in [-0.4, -0.2) is 36.6 Å². The number of aromatic carboxylic acids is 1. The number of hydrogen-bond acceptors (Lipinski definition) is 5. The molecule has 156 valence electrons. The van der Waals surface area contributed by atoms with Crippen molar-refractivity contribution in [2.45, 2.75) is 52.5 Å². The van der Waals surface area contributed by atoms with E-state index in [0.29, 0.717) is 18.5 Å². The maximum atomic E-state index is 12.1. The van der Waals surface area contributed by atoms with Gasteiger partial charge in [-0.2, -0.15) is 0 Å². The Kier molecular flexibility index (Phi) is 7.06. The maximum absolute atomic E-state index is 12.1. The van der Waals surface area contributed by atoms with Gasteiger partial charge in [0, 0.05) is 30.8 Å². The molecule has 0 spiro atoms. The highest BCUT2D eigenvalue weighted by Gasteiger charge is 2.16. The third-order valence-electron chi connectivity index (χ3n) is 4.97. The third kappa shape index (κ3) is 4.97. The van der Waals surface area contributed by atoms with E-state index in [1.807, 2.05) is 31.2 Å². The molecule has 1 aromatic carbocycles. The topological polar surface area (TPSA) is 98.0 Å². The molecule has 30 heavy (non-hydrogen) atoms. The number of nitrogens with zero attached hydrogens (tertiary/aromatic N) is 4. The molecule has 3 rings (SSSR count). The van der Waals surface area contributed by atoms with Crippen molar-refractivity contribution in [3.8, 4) is 11.1 Å². The van der Waals surface area contributed by atoms with E-state index >= 15 is 0 Å². The molecule has 0 atom stereocenters. The summed E-state index contributed by atoms with van der Waals surface area (Å²) >= 11 is 0. The molecule has 7 nitrogen and oxygen atoms in total. The zero-order valence-electron chi connectivity index (χ0n) is 17.3. The molecular formula is C23H26N4O3. The van der Waals surface area contributed by atoms with Crippen LogP contribution in [0.3, 0.4) is 0 Å². The summed E-state index contributed by atoms with van der Waals surface area (Å²) < 4.78 is 1.81. The molecule has 0 saturated heterocycles. The predicted molar refractivity (Wildman–Crippen MR) is 114 cm³/mol. The Balaban J connectivity index is 1.83. The largest absolute Gasteiger partial charge is 0.478 e. The quantitative estimate of drug-likeness (QED) is 0.395. The number of benzene rings is 1. The van der Waals surface area contributed by atoms with Crippen molar-refractivity contribution in [2.24, 2.45) is 0 Å². The number of aryl methyl sites for hydroxylation is 1. The zero-order valence-corrected chi connectivity index (χ0v) is 17.3. The van der Waals surface area contributed by atoms with Crippen molar-refractivity contribution in [1.82, 2.24) is 19.7 Å². The van der Waals surface area contributed by atoms with E-state index < -0.39 is 5.97 Å². The van der Waals surface area contributed by atoms with Crippen LogP contribution in [0, 0.1) is 0 Å². The number of aromatic nitrogens is 4. The highest BCUT2D eigenvalue weighted by molar-refractivity contribution is 5.95. The Morgan fingerprint density at radius 1 is 1.07 bits per heavy atom. The molecule has 3 aromatic rings. The summed E-state index contributed by atoms with van der Waals surface area (Å²) in [7, 11) is 0. The molecule has 2 aromatic heterocycles. The van der Waals surface area contributed by atoms with Crippen LogP contribution in [0.25, 0.3) is 11.1 Å². The number of unbranched alkanes of at least 4 members (excludes halogenated alkanes) is 2. The van der Waals surface area contributed by atoms with Gasteiger partial charge in [0.1, 0.15) is 5.82 Å². The van der Waals surface area contributed by atoms with Crippen molar-refractivity contribution in [3.63, 3.8) is 0 Å². The van der Waals surface area contributed by atoms with Crippen LogP contribution in [0.15, 0.2) is 42.7 Å². The van der Waals surface area contributed by atoms with Crippen molar-refractivity contribution in [1.29, 1.82) is 0 Å². The second-order valence-electron chi connectivity index (χ2n) is 7.17. The molecule has 2 heterocycles. The number of hydrogen-bond donors (Lipinski definition) is 1. The normalized spacial score (nSPS) is 10.9. The zero-order chi connectivity index (χ0) is 21.5. The number of carboxylic acid groups (broad SMARTS) is 1. The lowest BCUT2D eigenvalue weighted by Gasteiger charge is -2.09. The smallest absolute Gasteiger partial charge is 0.336 e. The highest BCUT2D eigenvalue weighted by atomic mass is 16.4. The maximum Gasteiger partial charge on any atom is 0.336 e. The van der Waals surface area contributed by atoms with Crippen LogP contribution in [0.4, 0.5) is 0 Å². The standard InChI is InChI=1S/C23H26N4O3/c1-3-5-6-7-21-25-22(20(28)4-2)26-27(21)15-16-8-10-17(11-9-16)19-14-24-13-12-18(19)23(29)30/h8-14H,3-7,15H2,1-2H3,(H,29,30). The number of Topliss-reactive ketones (excluding diaryl/α,β-unsaturated/α-hetero) is 1. The molecule has 7 heteroatoms. The lowest BCUT2D eigenvalue weighted by molar-refractivity contribution is 0.0697. The van der Waals surface area contributed by atoms with Gasteiger partial charge in [0.2, 0.25) is 11.6 Å². The van der Waals surface area contributed by atoms with Crippen molar-refractivity contribution in [2.75, 3.05) is 0 Å². The number of carboxylic acids is 1. The lowest BCUT2D eigenvalue weighted by Crippen LogP contribution is -2.08. The summed E-state index contributed by atoms with van der Waals surface area (Å²) in [6.07, 6.45) is 7.43. The van der Waals surface area contributed by atoms with Crippen LogP contribution in [0.2, 0.25) is 0 Å². The first kappa shape index (κ1) is 21.4.